The van der Waals surface area contributed by atoms with E-state index in [1.54, 1.807) is 0 Å². The van der Waals surface area contributed by atoms with Crippen molar-refractivity contribution in [3.63, 3.8) is 0 Å². The summed E-state index contributed by atoms with van der Waals surface area (Å²) in [5.41, 5.74) is -0.127. The van der Waals surface area contributed by atoms with Crippen LogP contribution in [-0.4, -0.2) is 34.4 Å². The monoisotopic (exact) mass is 264 g/mol. The molecule has 2 saturated carbocycles. The average molecular weight is 264 g/mol. The van der Waals surface area contributed by atoms with Gasteiger partial charge in [0.25, 0.3) is 0 Å². The molecule has 2 fully saturated rings. The molecule has 112 valence electrons. The summed E-state index contributed by atoms with van der Waals surface area (Å²) in [5.74, 6) is 0. The zero-order valence-electron chi connectivity index (χ0n) is 11.6. The third kappa shape index (κ3) is 7.31. The summed E-state index contributed by atoms with van der Waals surface area (Å²) < 4.78 is 0. The SMILES string of the molecule is C1CCCCC1.O.O.OCC1(CO)CCCCC1. The second-order valence-corrected chi connectivity index (χ2v) is 5.50. The fourth-order valence-corrected chi connectivity index (χ4v) is 2.73. The maximum absolute atomic E-state index is 8.98. The molecule has 0 amide bonds. The number of aliphatic hydroxyl groups excluding tert-OH is 2. The number of hydrogen-bond donors (Lipinski definition) is 2. The Labute approximate surface area is 111 Å². The molecule has 2 aliphatic rings. The Morgan fingerprint density at radius 2 is 0.833 bits per heavy atom. The minimum Gasteiger partial charge on any atom is -0.412 e. The molecule has 0 atom stereocenters. The van der Waals surface area contributed by atoms with Gasteiger partial charge in [0.15, 0.2) is 0 Å². The Bertz CT molecular complexity index is 146. The molecule has 6 N–H and O–H groups in total. The van der Waals surface area contributed by atoms with Gasteiger partial charge >= 0.3 is 0 Å². The van der Waals surface area contributed by atoms with Gasteiger partial charge in [-0.05, 0) is 12.8 Å². The first-order valence-corrected chi connectivity index (χ1v) is 7.05. The van der Waals surface area contributed by atoms with Crippen molar-refractivity contribution in [1.82, 2.24) is 0 Å². The molecule has 4 heteroatoms. The fraction of sp³-hybridized carbons (Fsp3) is 1.00. The highest BCUT2D eigenvalue weighted by molar-refractivity contribution is 4.81. The molecule has 4 nitrogen and oxygen atoms in total. The van der Waals surface area contributed by atoms with Crippen LogP contribution in [0.2, 0.25) is 0 Å². The van der Waals surface area contributed by atoms with Gasteiger partial charge < -0.3 is 21.2 Å². The summed E-state index contributed by atoms with van der Waals surface area (Å²) in [6.07, 6.45) is 14.6. The van der Waals surface area contributed by atoms with E-state index in [1.807, 2.05) is 0 Å². The van der Waals surface area contributed by atoms with Crippen LogP contribution in [0.5, 0.6) is 0 Å². The minimum atomic E-state index is -0.127. The van der Waals surface area contributed by atoms with E-state index in [0.29, 0.717) is 0 Å². The highest BCUT2D eigenvalue weighted by Gasteiger charge is 2.30. The summed E-state index contributed by atoms with van der Waals surface area (Å²) >= 11 is 0. The van der Waals surface area contributed by atoms with E-state index in [1.165, 1.54) is 57.8 Å². The number of hydrogen-bond acceptors (Lipinski definition) is 2. The van der Waals surface area contributed by atoms with E-state index in [2.05, 4.69) is 0 Å². The van der Waals surface area contributed by atoms with E-state index in [-0.39, 0.29) is 29.6 Å². The summed E-state index contributed by atoms with van der Waals surface area (Å²) in [7, 11) is 0. The lowest BCUT2D eigenvalue weighted by Gasteiger charge is -2.33. The van der Waals surface area contributed by atoms with E-state index < -0.39 is 0 Å². The molecule has 0 aliphatic heterocycles. The quantitative estimate of drug-likeness (QED) is 0.791. The van der Waals surface area contributed by atoms with Gasteiger partial charge in [-0.25, -0.2) is 0 Å². The van der Waals surface area contributed by atoms with Crippen molar-refractivity contribution < 1.29 is 21.2 Å². The fourth-order valence-electron chi connectivity index (χ4n) is 2.73. The van der Waals surface area contributed by atoms with Crippen molar-refractivity contribution in [2.75, 3.05) is 13.2 Å². The smallest absolute Gasteiger partial charge is 0.0509 e. The van der Waals surface area contributed by atoms with Crippen LogP contribution in [0.1, 0.15) is 70.6 Å². The van der Waals surface area contributed by atoms with Gasteiger partial charge in [-0.1, -0.05) is 57.8 Å². The van der Waals surface area contributed by atoms with Crippen molar-refractivity contribution >= 4 is 0 Å². The van der Waals surface area contributed by atoms with Gasteiger partial charge in [0, 0.05) is 5.41 Å². The number of aliphatic hydroxyl groups is 2. The van der Waals surface area contributed by atoms with Crippen molar-refractivity contribution in [2.24, 2.45) is 5.41 Å². The van der Waals surface area contributed by atoms with Gasteiger partial charge in [-0.15, -0.1) is 0 Å². The van der Waals surface area contributed by atoms with E-state index in [0.717, 1.165) is 12.8 Å². The van der Waals surface area contributed by atoms with Crippen LogP contribution in [0.3, 0.4) is 0 Å². The summed E-state index contributed by atoms with van der Waals surface area (Å²) in [6, 6.07) is 0. The first-order valence-electron chi connectivity index (χ1n) is 7.05. The largest absolute Gasteiger partial charge is 0.412 e. The molecule has 2 rings (SSSR count). The van der Waals surface area contributed by atoms with Crippen LogP contribution in [0.4, 0.5) is 0 Å². The topological polar surface area (TPSA) is 103 Å². The Morgan fingerprint density at radius 1 is 0.556 bits per heavy atom. The first-order chi connectivity index (χ1) is 7.83. The van der Waals surface area contributed by atoms with Crippen molar-refractivity contribution in [3.8, 4) is 0 Å². The van der Waals surface area contributed by atoms with E-state index in [4.69, 9.17) is 10.2 Å². The molecule has 0 spiro atoms. The van der Waals surface area contributed by atoms with Crippen LogP contribution in [0.15, 0.2) is 0 Å². The van der Waals surface area contributed by atoms with Gasteiger partial charge in [-0.2, -0.15) is 0 Å². The summed E-state index contributed by atoms with van der Waals surface area (Å²) in [6.45, 7) is 0.312. The van der Waals surface area contributed by atoms with Gasteiger partial charge in [0.1, 0.15) is 0 Å². The lowest BCUT2D eigenvalue weighted by atomic mass is 9.75. The molecule has 0 radical (unpaired) electrons. The molecule has 0 saturated heterocycles. The zero-order chi connectivity index (χ0) is 11.7. The Balaban J connectivity index is 0. The van der Waals surface area contributed by atoms with Gasteiger partial charge in [0.2, 0.25) is 0 Å². The standard InChI is InChI=1S/C8H16O2.C6H12.2H2O/c9-6-8(7-10)4-2-1-3-5-8;1-2-4-6-5-3-1;;/h9-10H,1-7H2;1-6H2;2*1H2. The van der Waals surface area contributed by atoms with Crippen LogP contribution in [-0.2, 0) is 0 Å². The van der Waals surface area contributed by atoms with Gasteiger partial charge in [-0.3, -0.25) is 0 Å². The molecule has 0 unspecified atom stereocenters. The molecule has 2 aliphatic carbocycles. The molecular weight excluding hydrogens is 232 g/mol. The van der Waals surface area contributed by atoms with Gasteiger partial charge in [0.05, 0.1) is 13.2 Å². The molecule has 0 aromatic rings. The average Bonchev–Trinajstić information content (AvgIpc) is 2.42. The Morgan fingerprint density at radius 3 is 1.06 bits per heavy atom. The van der Waals surface area contributed by atoms with Crippen LogP contribution < -0.4 is 0 Å². The maximum Gasteiger partial charge on any atom is 0.0509 e. The molecule has 0 heterocycles. The lowest BCUT2D eigenvalue weighted by Crippen LogP contribution is -2.31. The summed E-state index contributed by atoms with van der Waals surface area (Å²) in [4.78, 5) is 0. The molecule has 0 aromatic heterocycles. The predicted molar refractivity (Wildman–Crippen MR) is 74.6 cm³/mol. The van der Waals surface area contributed by atoms with Crippen molar-refractivity contribution in [2.45, 2.75) is 70.6 Å². The van der Waals surface area contributed by atoms with Crippen LogP contribution >= 0.6 is 0 Å². The highest BCUT2D eigenvalue weighted by atomic mass is 16.3. The highest BCUT2D eigenvalue weighted by Crippen LogP contribution is 2.34. The third-order valence-electron chi connectivity index (χ3n) is 4.09. The van der Waals surface area contributed by atoms with Crippen molar-refractivity contribution in [3.05, 3.63) is 0 Å². The third-order valence-corrected chi connectivity index (χ3v) is 4.09. The lowest BCUT2D eigenvalue weighted by molar-refractivity contribution is 0.0234. The predicted octanol–water partition coefficient (Wildman–Crippen LogP) is 1.61. The minimum absolute atomic E-state index is 0. The normalized spacial score (nSPS) is 21.7. The first kappa shape index (κ1) is 20.2. The Kier molecular flexibility index (Phi) is 13.3. The maximum atomic E-state index is 8.98. The van der Waals surface area contributed by atoms with E-state index in [9.17, 15) is 0 Å². The van der Waals surface area contributed by atoms with E-state index >= 15 is 0 Å². The Hall–Kier alpha value is -0.160. The molecule has 0 aromatic carbocycles. The number of rotatable bonds is 2. The van der Waals surface area contributed by atoms with Crippen LogP contribution in [0, 0.1) is 5.41 Å². The zero-order valence-corrected chi connectivity index (χ0v) is 11.6. The second kappa shape index (κ2) is 11.9. The summed E-state index contributed by atoms with van der Waals surface area (Å²) in [5, 5.41) is 18.0. The van der Waals surface area contributed by atoms with Crippen molar-refractivity contribution in [1.29, 1.82) is 0 Å². The molecular formula is C14H32O4. The molecule has 18 heavy (non-hydrogen) atoms. The van der Waals surface area contributed by atoms with Crippen LogP contribution in [0.25, 0.3) is 0 Å². The second-order valence-electron chi connectivity index (χ2n) is 5.50. The molecule has 0 bridgehead atoms.